The standard InChI is InChI=1S/C17H23NO3/c1-16(2)20-10-17-6-7-18(3)14(15(17)21-16)8-11-4-5-12(19)9-13(11)17/h4-5,9,14-15,19H,6-8,10H2,1-3H3/t14-,15+,17-/m1/s1. The van der Waals surface area contributed by atoms with E-state index in [9.17, 15) is 5.11 Å². The Morgan fingerprint density at radius 3 is 2.95 bits per heavy atom. The molecule has 0 saturated carbocycles. The molecule has 4 rings (SSSR count). The molecule has 3 aliphatic rings. The van der Waals surface area contributed by atoms with Gasteiger partial charge in [-0.05, 0) is 63.5 Å². The lowest BCUT2D eigenvalue weighted by Gasteiger charge is -2.59. The Labute approximate surface area is 125 Å². The van der Waals surface area contributed by atoms with E-state index in [1.165, 1.54) is 11.1 Å². The average molecular weight is 289 g/mol. The first-order chi connectivity index (χ1) is 9.91. The highest BCUT2D eigenvalue weighted by atomic mass is 16.7. The van der Waals surface area contributed by atoms with Gasteiger partial charge in [-0.3, -0.25) is 0 Å². The van der Waals surface area contributed by atoms with Gasteiger partial charge < -0.3 is 19.5 Å². The van der Waals surface area contributed by atoms with Crippen LogP contribution in [0.4, 0.5) is 0 Å². The predicted molar refractivity (Wildman–Crippen MR) is 79.4 cm³/mol. The van der Waals surface area contributed by atoms with Crippen LogP contribution >= 0.6 is 0 Å². The van der Waals surface area contributed by atoms with Crippen molar-refractivity contribution < 1.29 is 14.6 Å². The van der Waals surface area contributed by atoms with Crippen molar-refractivity contribution in [3.63, 3.8) is 0 Å². The summed E-state index contributed by atoms with van der Waals surface area (Å²) in [6, 6.07) is 6.17. The van der Waals surface area contributed by atoms with Gasteiger partial charge in [-0.2, -0.15) is 0 Å². The minimum absolute atomic E-state index is 0.112. The highest BCUT2D eigenvalue weighted by molar-refractivity contribution is 5.46. The van der Waals surface area contributed by atoms with Crippen LogP contribution in [-0.4, -0.2) is 48.1 Å². The van der Waals surface area contributed by atoms with Gasteiger partial charge in [-0.1, -0.05) is 6.07 Å². The van der Waals surface area contributed by atoms with Crippen LogP contribution < -0.4 is 0 Å². The summed E-state index contributed by atoms with van der Waals surface area (Å²) in [6.07, 6.45) is 2.13. The summed E-state index contributed by atoms with van der Waals surface area (Å²) in [5.41, 5.74) is 2.44. The maximum atomic E-state index is 9.94. The summed E-state index contributed by atoms with van der Waals surface area (Å²) in [6.45, 7) is 5.70. The average Bonchev–Trinajstić information content (AvgIpc) is 2.43. The first-order valence-electron chi connectivity index (χ1n) is 7.76. The predicted octanol–water partition coefficient (Wildman–Crippen LogP) is 2.04. The number of hydrogen-bond donors (Lipinski definition) is 1. The van der Waals surface area contributed by atoms with Crippen molar-refractivity contribution in [1.29, 1.82) is 0 Å². The summed E-state index contributed by atoms with van der Waals surface area (Å²) in [7, 11) is 2.19. The Bertz CT molecular complexity index is 585. The van der Waals surface area contributed by atoms with Crippen molar-refractivity contribution in [3.8, 4) is 5.75 Å². The Morgan fingerprint density at radius 1 is 1.33 bits per heavy atom. The highest BCUT2D eigenvalue weighted by Gasteiger charge is 2.58. The van der Waals surface area contributed by atoms with Gasteiger partial charge in [0, 0.05) is 11.5 Å². The highest BCUT2D eigenvalue weighted by Crippen LogP contribution is 2.51. The lowest BCUT2D eigenvalue weighted by atomic mass is 9.61. The van der Waals surface area contributed by atoms with E-state index in [4.69, 9.17) is 9.47 Å². The fourth-order valence-corrected chi connectivity index (χ4v) is 4.33. The van der Waals surface area contributed by atoms with E-state index in [-0.39, 0.29) is 11.5 Å². The Balaban J connectivity index is 1.87. The third kappa shape index (κ3) is 1.86. The third-order valence-electron chi connectivity index (χ3n) is 5.52. The molecular formula is C17H23NO3. The molecule has 2 saturated heterocycles. The van der Waals surface area contributed by atoms with Gasteiger partial charge in [-0.25, -0.2) is 0 Å². The fraction of sp³-hybridized carbons (Fsp3) is 0.647. The molecule has 114 valence electrons. The zero-order valence-electron chi connectivity index (χ0n) is 12.9. The molecule has 2 heterocycles. The van der Waals surface area contributed by atoms with Crippen molar-refractivity contribution in [3.05, 3.63) is 29.3 Å². The van der Waals surface area contributed by atoms with E-state index in [1.54, 1.807) is 6.07 Å². The normalized spacial score (nSPS) is 37.7. The number of nitrogens with zero attached hydrogens (tertiary/aromatic N) is 1. The number of aromatic hydroxyl groups is 1. The molecule has 0 radical (unpaired) electrons. The van der Waals surface area contributed by atoms with Crippen LogP contribution in [0.1, 0.15) is 31.4 Å². The molecule has 0 spiro atoms. The second kappa shape index (κ2) is 4.22. The second-order valence-electron chi connectivity index (χ2n) is 7.23. The van der Waals surface area contributed by atoms with Gasteiger partial charge in [0.1, 0.15) is 5.75 Å². The molecule has 1 N–H and O–H groups in total. The number of phenolic OH excluding ortho intramolecular Hbond substituents is 1. The maximum Gasteiger partial charge on any atom is 0.163 e. The van der Waals surface area contributed by atoms with Gasteiger partial charge >= 0.3 is 0 Å². The third-order valence-corrected chi connectivity index (χ3v) is 5.52. The fourth-order valence-electron chi connectivity index (χ4n) is 4.33. The number of likely N-dealkylation sites (N-methyl/N-ethyl adjacent to an activating group) is 1. The van der Waals surface area contributed by atoms with Crippen LogP contribution in [0.15, 0.2) is 18.2 Å². The molecule has 2 bridgehead atoms. The van der Waals surface area contributed by atoms with Crippen LogP contribution in [-0.2, 0) is 21.3 Å². The molecule has 4 heteroatoms. The molecule has 0 unspecified atom stereocenters. The van der Waals surface area contributed by atoms with E-state index in [2.05, 4.69) is 18.0 Å². The molecule has 21 heavy (non-hydrogen) atoms. The SMILES string of the molecule is CN1CC[C@]23COC(C)(C)O[C@H]2[C@H]1Cc1ccc(O)cc13. The summed E-state index contributed by atoms with van der Waals surface area (Å²) in [5, 5.41) is 9.94. The zero-order chi connectivity index (χ0) is 14.8. The lowest BCUT2D eigenvalue weighted by Crippen LogP contribution is -2.69. The van der Waals surface area contributed by atoms with Crippen LogP contribution in [0, 0.1) is 0 Å². The van der Waals surface area contributed by atoms with Gasteiger partial charge in [0.25, 0.3) is 0 Å². The topological polar surface area (TPSA) is 41.9 Å². The van der Waals surface area contributed by atoms with Crippen molar-refractivity contribution in [2.75, 3.05) is 20.2 Å². The first-order valence-corrected chi connectivity index (χ1v) is 7.76. The molecule has 1 aromatic rings. The minimum Gasteiger partial charge on any atom is -0.508 e. The monoisotopic (exact) mass is 289 g/mol. The van der Waals surface area contributed by atoms with Crippen molar-refractivity contribution in [2.24, 2.45) is 0 Å². The van der Waals surface area contributed by atoms with Crippen LogP contribution in [0.5, 0.6) is 5.75 Å². The Kier molecular flexibility index (Phi) is 2.72. The maximum absolute atomic E-state index is 9.94. The summed E-state index contributed by atoms with van der Waals surface area (Å²) < 4.78 is 12.4. The number of fused-ring (bicyclic) bond motifs is 1. The van der Waals surface area contributed by atoms with Gasteiger partial charge in [0.05, 0.1) is 12.7 Å². The molecule has 1 aliphatic carbocycles. The largest absolute Gasteiger partial charge is 0.508 e. The number of piperidine rings is 1. The number of benzene rings is 1. The molecule has 2 aliphatic heterocycles. The van der Waals surface area contributed by atoms with E-state index >= 15 is 0 Å². The molecular weight excluding hydrogens is 266 g/mol. The molecule has 0 aromatic heterocycles. The Hall–Kier alpha value is -1.10. The minimum atomic E-state index is -0.529. The van der Waals surface area contributed by atoms with Gasteiger partial charge in [0.2, 0.25) is 0 Å². The van der Waals surface area contributed by atoms with E-state index in [0.29, 0.717) is 18.4 Å². The van der Waals surface area contributed by atoms with E-state index < -0.39 is 5.79 Å². The molecule has 4 nitrogen and oxygen atoms in total. The lowest BCUT2D eigenvalue weighted by molar-refractivity contribution is -0.321. The van der Waals surface area contributed by atoms with E-state index in [0.717, 1.165) is 19.4 Å². The quantitative estimate of drug-likeness (QED) is 0.793. The molecule has 1 aromatic carbocycles. The smallest absolute Gasteiger partial charge is 0.163 e. The molecule has 3 atom stereocenters. The summed E-state index contributed by atoms with van der Waals surface area (Å²) in [4.78, 5) is 2.42. The number of hydrogen-bond acceptors (Lipinski definition) is 4. The van der Waals surface area contributed by atoms with E-state index in [1.807, 2.05) is 19.9 Å². The first kappa shape index (κ1) is 13.6. The molecule has 2 fully saturated rings. The number of rotatable bonds is 0. The van der Waals surface area contributed by atoms with Crippen molar-refractivity contribution >= 4 is 0 Å². The number of likely N-dealkylation sites (tertiary alicyclic amines) is 1. The second-order valence-corrected chi connectivity index (χ2v) is 7.23. The number of phenols is 1. The van der Waals surface area contributed by atoms with Gasteiger partial charge in [-0.15, -0.1) is 0 Å². The summed E-state index contributed by atoms with van der Waals surface area (Å²) >= 11 is 0. The van der Waals surface area contributed by atoms with Crippen molar-refractivity contribution in [1.82, 2.24) is 4.90 Å². The molecule has 0 amide bonds. The van der Waals surface area contributed by atoms with Crippen molar-refractivity contribution in [2.45, 2.75) is 50.0 Å². The zero-order valence-corrected chi connectivity index (χ0v) is 12.9. The van der Waals surface area contributed by atoms with Crippen LogP contribution in [0.25, 0.3) is 0 Å². The Morgan fingerprint density at radius 2 is 2.14 bits per heavy atom. The van der Waals surface area contributed by atoms with Gasteiger partial charge in [0.15, 0.2) is 5.79 Å². The van der Waals surface area contributed by atoms with Crippen LogP contribution in [0.3, 0.4) is 0 Å². The number of ether oxygens (including phenoxy) is 2. The van der Waals surface area contributed by atoms with Crippen LogP contribution in [0.2, 0.25) is 0 Å². The summed E-state index contributed by atoms with van der Waals surface area (Å²) in [5.74, 6) is -0.192.